The predicted octanol–water partition coefficient (Wildman–Crippen LogP) is 4.46. The van der Waals surface area contributed by atoms with E-state index in [1.807, 2.05) is 61.2 Å². The Morgan fingerprint density at radius 1 is 0.889 bits per heavy atom. The van der Waals surface area contributed by atoms with E-state index >= 15 is 0 Å². The second-order valence-electron chi connectivity index (χ2n) is 6.41. The van der Waals surface area contributed by atoms with Crippen LogP contribution in [0.2, 0.25) is 0 Å². The number of aromatic nitrogens is 3. The van der Waals surface area contributed by atoms with Gasteiger partial charge in [0.05, 0.1) is 23.7 Å². The highest BCUT2D eigenvalue weighted by molar-refractivity contribution is 5.59. The Bertz CT molecular complexity index is 1060. The minimum Gasteiger partial charge on any atom is -0.330 e. The zero-order chi connectivity index (χ0) is 18.5. The molecule has 4 nitrogen and oxygen atoms in total. The molecule has 2 aromatic carbocycles. The summed E-state index contributed by atoms with van der Waals surface area (Å²) >= 11 is 0. The molecule has 0 N–H and O–H groups in total. The fraction of sp³-hybridized carbons (Fsp3) is 0.0870. The number of rotatable bonds is 5. The van der Waals surface area contributed by atoms with Gasteiger partial charge in [-0.15, -0.1) is 0 Å². The first-order valence-corrected chi connectivity index (χ1v) is 8.80. The summed E-state index contributed by atoms with van der Waals surface area (Å²) in [6.07, 6.45) is 6.37. The molecule has 0 unspecified atom stereocenters. The lowest BCUT2D eigenvalue weighted by molar-refractivity contribution is 0.753. The van der Waals surface area contributed by atoms with E-state index < -0.39 is 0 Å². The van der Waals surface area contributed by atoms with Crippen LogP contribution in [-0.4, -0.2) is 14.5 Å². The molecule has 0 radical (unpaired) electrons. The number of pyridine rings is 1. The van der Waals surface area contributed by atoms with Crippen molar-refractivity contribution in [2.45, 2.75) is 13.0 Å². The number of benzene rings is 2. The highest BCUT2D eigenvalue weighted by Crippen LogP contribution is 2.18. The summed E-state index contributed by atoms with van der Waals surface area (Å²) in [6.45, 7) is 0.772. The Labute approximate surface area is 158 Å². The van der Waals surface area contributed by atoms with Crippen LogP contribution in [-0.2, 0) is 13.0 Å². The average molecular weight is 350 g/mol. The molecule has 4 aromatic rings. The Morgan fingerprint density at radius 3 is 2.37 bits per heavy atom. The van der Waals surface area contributed by atoms with Crippen molar-refractivity contribution >= 4 is 0 Å². The topological polar surface area (TPSA) is 54.5 Å². The summed E-state index contributed by atoms with van der Waals surface area (Å²) in [6, 6.07) is 24.3. The molecule has 2 heterocycles. The Morgan fingerprint density at radius 2 is 1.67 bits per heavy atom. The standard InChI is InChI=1S/C23H18N4/c24-14-19-6-4-18(5-7-19)13-22-15-25-17-27(22)16-20-8-10-21(11-9-20)23-3-1-2-12-26-23/h1-12,15,17H,13,16H2. The lowest BCUT2D eigenvalue weighted by Crippen LogP contribution is -2.04. The van der Waals surface area contributed by atoms with Gasteiger partial charge in [-0.3, -0.25) is 4.98 Å². The van der Waals surface area contributed by atoms with Gasteiger partial charge in [-0.2, -0.15) is 5.26 Å². The van der Waals surface area contributed by atoms with E-state index in [0.717, 1.165) is 29.9 Å². The summed E-state index contributed by atoms with van der Waals surface area (Å²) in [5.74, 6) is 0. The van der Waals surface area contributed by atoms with Gasteiger partial charge in [0.2, 0.25) is 0 Å². The van der Waals surface area contributed by atoms with Crippen molar-refractivity contribution in [3.8, 4) is 17.3 Å². The largest absolute Gasteiger partial charge is 0.330 e. The van der Waals surface area contributed by atoms with Crippen molar-refractivity contribution in [2.24, 2.45) is 0 Å². The quantitative estimate of drug-likeness (QED) is 0.534. The van der Waals surface area contributed by atoms with Gasteiger partial charge in [-0.25, -0.2) is 4.98 Å². The van der Waals surface area contributed by atoms with Gasteiger partial charge in [0.15, 0.2) is 0 Å². The highest BCUT2D eigenvalue weighted by atomic mass is 15.0. The monoisotopic (exact) mass is 350 g/mol. The molecule has 0 saturated heterocycles. The fourth-order valence-corrected chi connectivity index (χ4v) is 3.06. The molecule has 0 aliphatic heterocycles. The van der Waals surface area contributed by atoms with Crippen molar-refractivity contribution in [3.05, 3.63) is 108 Å². The lowest BCUT2D eigenvalue weighted by Gasteiger charge is -2.09. The van der Waals surface area contributed by atoms with E-state index in [2.05, 4.69) is 44.9 Å². The summed E-state index contributed by atoms with van der Waals surface area (Å²) in [5, 5.41) is 8.92. The minimum atomic E-state index is 0.681. The van der Waals surface area contributed by atoms with Crippen molar-refractivity contribution < 1.29 is 0 Å². The first-order chi connectivity index (χ1) is 13.3. The number of nitriles is 1. The Balaban J connectivity index is 1.49. The van der Waals surface area contributed by atoms with Crippen LogP contribution in [0.4, 0.5) is 0 Å². The third-order valence-corrected chi connectivity index (χ3v) is 4.53. The average Bonchev–Trinajstić information content (AvgIpc) is 3.16. The van der Waals surface area contributed by atoms with E-state index in [0.29, 0.717) is 5.56 Å². The van der Waals surface area contributed by atoms with Crippen LogP contribution in [0.1, 0.15) is 22.4 Å². The van der Waals surface area contributed by atoms with Gasteiger partial charge >= 0.3 is 0 Å². The maximum atomic E-state index is 8.92. The van der Waals surface area contributed by atoms with Gasteiger partial charge in [0.25, 0.3) is 0 Å². The zero-order valence-corrected chi connectivity index (χ0v) is 14.8. The second kappa shape index (κ2) is 7.67. The van der Waals surface area contributed by atoms with Gasteiger partial charge in [-0.05, 0) is 35.4 Å². The number of imidazole rings is 1. The molecule has 0 spiro atoms. The minimum absolute atomic E-state index is 0.681. The zero-order valence-electron chi connectivity index (χ0n) is 14.8. The van der Waals surface area contributed by atoms with Crippen LogP contribution in [0.3, 0.4) is 0 Å². The summed E-state index contributed by atoms with van der Waals surface area (Å²) in [4.78, 5) is 8.71. The molecular weight excluding hydrogens is 332 g/mol. The molecule has 0 aliphatic rings. The summed E-state index contributed by atoms with van der Waals surface area (Å²) < 4.78 is 2.16. The lowest BCUT2D eigenvalue weighted by atomic mass is 10.1. The maximum absolute atomic E-state index is 8.92. The van der Waals surface area contributed by atoms with E-state index in [1.165, 1.54) is 11.1 Å². The van der Waals surface area contributed by atoms with Crippen molar-refractivity contribution in [3.63, 3.8) is 0 Å². The van der Waals surface area contributed by atoms with Gasteiger partial charge in [-0.1, -0.05) is 42.5 Å². The molecule has 2 aromatic heterocycles. The molecule has 0 atom stereocenters. The fourth-order valence-electron chi connectivity index (χ4n) is 3.06. The van der Waals surface area contributed by atoms with Crippen LogP contribution in [0.5, 0.6) is 0 Å². The van der Waals surface area contributed by atoms with E-state index in [1.54, 1.807) is 0 Å². The second-order valence-corrected chi connectivity index (χ2v) is 6.41. The predicted molar refractivity (Wildman–Crippen MR) is 105 cm³/mol. The van der Waals surface area contributed by atoms with Crippen molar-refractivity contribution in [1.29, 1.82) is 5.26 Å². The molecule has 0 bridgehead atoms. The first-order valence-electron chi connectivity index (χ1n) is 8.80. The molecule has 4 heteroatoms. The van der Waals surface area contributed by atoms with Gasteiger partial charge in [0, 0.05) is 36.6 Å². The smallest absolute Gasteiger partial charge is 0.0991 e. The molecule has 4 rings (SSSR count). The Hall–Kier alpha value is -3.71. The van der Waals surface area contributed by atoms with Crippen LogP contribution < -0.4 is 0 Å². The van der Waals surface area contributed by atoms with Gasteiger partial charge in [0.1, 0.15) is 0 Å². The first kappa shape index (κ1) is 16.7. The maximum Gasteiger partial charge on any atom is 0.0991 e. The highest BCUT2D eigenvalue weighted by Gasteiger charge is 2.06. The molecular formula is C23H18N4. The van der Waals surface area contributed by atoms with Crippen LogP contribution in [0, 0.1) is 11.3 Å². The molecule has 130 valence electrons. The molecule has 0 saturated carbocycles. The Kier molecular flexibility index (Phi) is 4.76. The number of hydrogen-bond donors (Lipinski definition) is 0. The SMILES string of the molecule is N#Cc1ccc(Cc2cncn2Cc2ccc(-c3ccccn3)cc2)cc1. The summed E-state index contributed by atoms with van der Waals surface area (Å²) in [7, 11) is 0. The van der Waals surface area contributed by atoms with Gasteiger partial charge < -0.3 is 4.57 Å². The molecule has 0 aliphatic carbocycles. The molecule has 27 heavy (non-hydrogen) atoms. The number of hydrogen-bond acceptors (Lipinski definition) is 3. The van der Waals surface area contributed by atoms with E-state index in [-0.39, 0.29) is 0 Å². The number of nitrogens with zero attached hydrogens (tertiary/aromatic N) is 4. The van der Waals surface area contributed by atoms with E-state index in [9.17, 15) is 0 Å². The van der Waals surface area contributed by atoms with E-state index in [4.69, 9.17) is 5.26 Å². The molecule has 0 amide bonds. The summed E-state index contributed by atoms with van der Waals surface area (Å²) in [5.41, 5.74) is 6.31. The van der Waals surface area contributed by atoms with Crippen molar-refractivity contribution in [2.75, 3.05) is 0 Å². The molecule has 0 fully saturated rings. The van der Waals surface area contributed by atoms with Crippen LogP contribution in [0.15, 0.2) is 85.5 Å². The van der Waals surface area contributed by atoms with Crippen molar-refractivity contribution in [1.82, 2.24) is 14.5 Å². The normalized spacial score (nSPS) is 10.5. The van der Waals surface area contributed by atoms with Crippen LogP contribution >= 0.6 is 0 Å². The third-order valence-electron chi connectivity index (χ3n) is 4.53. The van der Waals surface area contributed by atoms with Crippen LogP contribution in [0.25, 0.3) is 11.3 Å². The third kappa shape index (κ3) is 3.94.